The molecular formula is C14H25N3. The molecule has 4 heterocycles. The molecule has 4 aliphatic heterocycles. The molecule has 1 saturated carbocycles. The largest absolute Gasteiger partial charge is 0.327 e. The molecule has 96 valence electrons. The molecule has 5 aliphatic rings. The lowest BCUT2D eigenvalue weighted by Gasteiger charge is -2.65. The zero-order valence-corrected chi connectivity index (χ0v) is 10.8. The van der Waals surface area contributed by atoms with E-state index < -0.39 is 0 Å². The summed E-state index contributed by atoms with van der Waals surface area (Å²) in [5.41, 5.74) is 7.14. The average molecular weight is 235 g/mol. The second-order valence-corrected chi connectivity index (χ2v) is 7.02. The first kappa shape index (κ1) is 10.8. The van der Waals surface area contributed by atoms with Gasteiger partial charge in [0.05, 0.1) is 6.67 Å². The summed E-state index contributed by atoms with van der Waals surface area (Å²) in [5, 5.41) is 0. The Morgan fingerprint density at radius 1 is 0.941 bits per heavy atom. The van der Waals surface area contributed by atoms with Crippen LogP contribution in [0.3, 0.4) is 0 Å². The fourth-order valence-electron chi connectivity index (χ4n) is 5.35. The van der Waals surface area contributed by atoms with Gasteiger partial charge >= 0.3 is 0 Å². The van der Waals surface area contributed by atoms with Crippen LogP contribution in [-0.2, 0) is 0 Å². The lowest BCUT2D eigenvalue weighted by Crippen LogP contribution is -2.76. The number of rotatable bonds is 1. The maximum atomic E-state index is 6.68. The number of hydrogen-bond donors (Lipinski definition) is 1. The van der Waals surface area contributed by atoms with Gasteiger partial charge in [0.2, 0.25) is 0 Å². The SMILES string of the molecule is NC1C2CN3CN(C2)CC1(C1CCCCC1)C3. The lowest BCUT2D eigenvalue weighted by molar-refractivity contribution is -0.161. The highest BCUT2D eigenvalue weighted by Crippen LogP contribution is 2.50. The van der Waals surface area contributed by atoms with Crippen molar-refractivity contribution in [1.29, 1.82) is 0 Å². The molecule has 3 nitrogen and oxygen atoms in total. The minimum atomic E-state index is 0.458. The summed E-state index contributed by atoms with van der Waals surface area (Å²) < 4.78 is 0. The smallest absolute Gasteiger partial charge is 0.0506 e. The van der Waals surface area contributed by atoms with E-state index in [2.05, 4.69) is 9.80 Å². The molecule has 4 saturated heterocycles. The Bertz CT molecular complexity index is 297. The second-order valence-electron chi connectivity index (χ2n) is 7.02. The highest BCUT2D eigenvalue weighted by molar-refractivity contribution is 5.11. The van der Waals surface area contributed by atoms with E-state index in [0.29, 0.717) is 11.5 Å². The molecule has 1 aliphatic carbocycles. The van der Waals surface area contributed by atoms with Gasteiger partial charge in [0.1, 0.15) is 0 Å². The van der Waals surface area contributed by atoms with E-state index in [-0.39, 0.29) is 0 Å². The van der Waals surface area contributed by atoms with Crippen LogP contribution in [-0.4, -0.2) is 48.7 Å². The Morgan fingerprint density at radius 3 is 2.24 bits per heavy atom. The molecule has 0 amide bonds. The zero-order valence-electron chi connectivity index (χ0n) is 10.8. The van der Waals surface area contributed by atoms with Crippen molar-refractivity contribution in [3.8, 4) is 0 Å². The van der Waals surface area contributed by atoms with Gasteiger partial charge in [0.25, 0.3) is 0 Å². The first-order valence-electron chi connectivity index (χ1n) is 7.48. The van der Waals surface area contributed by atoms with Crippen LogP contribution in [0.2, 0.25) is 0 Å². The molecule has 2 N–H and O–H groups in total. The highest BCUT2D eigenvalue weighted by Gasteiger charge is 2.57. The molecule has 0 aromatic heterocycles. The molecular weight excluding hydrogens is 210 g/mol. The maximum absolute atomic E-state index is 6.68. The molecule has 3 heteroatoms. The molecule has 0 aromatic rings. The Kier molecular flexibility index (Phi) is 2.34. The van der Waals surface area contributed by atoms with Crippen molar-refractivity contribution in [3.05, 3.63) is 0 Å². The first-order valence-corrected chi connectivity index (χ1v) is 7.48. The van der Waals surface area contributed by atoms with Gasteiger partial charge in [-0.25, -0.2) is 0 Å². The summed E-state index contributed by atoms with van der Waals surface area (Å²) in [6, 6.07) is 0.485. The van der Waals surface area contributed by atoms with E-state index in [1.54, 1.807) is 0 Å². The monoisotopic (exact) mass is 235 g/mol. The maximum Gasteiger partial charge on any atom is 0.0506 e. The van der Waals surface area contributed by atoms with Crippen molar-refractivity contribution in [1.82, 2.24) is 9.80 Å². The van der Waals surface area contributed by atoms with Crippen LogP contribution in [0.4, 0.5) is 0 Å². The summed E-state index contributed by atoms with van der Waals surface area (Å²) in [6.45, 7) is 6.35. The third-order valence-electron chi connectivity index (χ3n) is 6.01. The first-order chi connectivity index (χ1) is 8.28. The normalized spacial score (nSPS) is 54.2. The van der Waals surface area contributed by atoms with Crippen LogP contribution in [0.15, 0.2) is 0 Å². The fraction of sp³-hybridized carbons (Fsp3) is 1.00. The molecule has 0 spiro atoms. The van der Waals surface area contributed by atoms with Crippen LogP contribution in [0.5, 0.6) is 0 Å². The van der Waals surface area contributed by atoms with Crippen molar-refractivity contribution in [2.24, 2.45) is 23.0 Å². The fourth-order valence-corrected chi connectivity index (χ4v) is 5.35. The zero-order chi connectivity index (χ0) is 11.5. The van der Waals surface area contributed by atoms with E-state index in [0.717, 1.165) is 11.8 Å². The Hall–Kier alpha value is -0.120. The van der Waals surface area contributed by atoms with E-state index >= 15 is 0 Å². The average Bonchev–Trinajstić information content (AvgIpc) is 2.36. The lowest BCUT2D eigenvalue weighted by atomic mass is 9.57. The van der Waals surface area contributed by atoms with Crippen LogP contribution >= 0.6 is 0 Å². The molecule has 3 atom stereocenters. The van der Waals surface area contributed by atoms with E-state index in [1.807, 2.05) is 0 Å². The number of hydrogen-bond acceptors (Lipinski definition) is 3. The van der Waals surface area contributed by atoms with Gasteiger partial charge in [0, 0.05) is 43.6 Å². The summed E-state index contributed by atoms with van der Waals surface area (Å²) in [5.74, 6) is 1.67. The van der Waals surface area contributed by atoms with Crippen LogP contribution < -0.4 is 5.73 Å². The molecule has 17 heavy (non-hydrogen) atoms. The van der Waals surface area contributed by atoms with E-state index in [9.17, 15) is 0 Å². The summed E-state index contributed by atoms with van der Waals surface area (Å²) in [6.07, 6.45) is 7.25. The van der Waals surface area contributed by atoms with Gasteiger partial charge in [0.15, 0.2) is 0 Å². The summed E-state index contributed by atoms with van der Waals surface area (Å²) >= 11 is 0. The van der Waals surface area contributed by atoms with Gasteiger partial charge in [-0.2, -0.15) is 0 Å². The summed E-state index contributed by atoms with van der Waals surface area (Å²) in [4.78, 5) is 5.35. The second kappa shape index (κ2) is 3.69. The Morgan fingerprint density at radius 2 is 1.59 bits per heavy atom. The van der Waals surface area contributed by atoms with Crippen LogP contribution in [0, 0.1) is 17.3 Å². The van der Waals surface area contributed by atoms with Gasteiger partial charge in [-0.3, -0.25) is 9.80 Å². The molecule has 5 rings (SSSR count). The van der Waals surface area contributed by atoms with Crippen molar-refractivity contribution < 1.29 is 0 Å². The van der Waals surface area contributed by atoms with Crippen molar-refractivity contribution >= 4 is 0 Å². The van der Waals surface area contributed by atoms with Crippen LogP contribution in [0.1, 0.15) is 32.1 Å². The third-order valence-corrected chi connectivity index (χ3v) is 6.01. The molecule has 5 fully saturated rings. The molecule has 4 bridgehead atoms. The third kappa shape index (κ3) is 1.45. The van der Waals surface area contributed by atoms with Crippen LogP contribution in [0.25, 0.3) is 0 Å². The van der Waals surface area contributed by atoms with Gasteiger partial charge in [-0.15, -0.1) is 0 Å². The standard InChI is InChI=1S/C14H25N3/c15-13-11-6-16-8-14(13,9-17(7-11)10-16)12-4-2-1-3-5-12/h11-13H,1-10,15H2. The van der Waals surface area contributed by atoms with Crippen molar-refractivity contribution in [3.63, 3.8) is 0 Å². The number of nitrogens with zero attached hydrogens (tertiary/aromatic N) is 2. The predicted molar refractivity (Wildman–Crippen MR) is 68.5 cm³/mol. The van der Waals surface area contributed by atoms with Crippen molar-refractivity contribution in [2.75, 3.05) is 32.8 Å². The predicted octanol–water partition coefficient (Wildman–Crippen LogP) is 1.10. The Balaban J connectivity index is 1.66. The van der Waals surface area contributed by atoms with Gasteiger partial charge in [-0.05, 0) is 18.8 Å². The molecule has 0 aromatic carbocycles. The minimum Gasteiger partial charge on any atom is -0.327 e. The van der Waals surface area contributed by atoms with E-state index in [1.165, 1.54) is 65.0 Å². The number of piperidine rings is 2. The topological polar surface area (TPSA) is 32.5 Å². The molecule has 3 unspecified atom stereocenters. The van der Waals surface area contributed by atoms with Gasteiger partial charge < -0.3 is 5.73 Å². The molecule has 0 radical (unpaired) electrons. The van der Waals surface area contributed by atoms with E-state index in [4.69, 9.17) is 5.73 Å². The van der Waals surface area contributed by atoms with Crippen molar-refractivity contribution in [2.45, 2.75) is 38.1 Å². The summed E-state index contributed by atoms with van der Waals surface area (Å²) in [7, 11) is 0. The van der Waals surface area contributed by atoms with Gasteiger partial charge in [-0.1, -0.05) is 19.3 Å². The highest BCUT2D eigenvalue weighted by atomic mass is 15.4. The Labute approximate surface area is 104 Å². The number of nitrogens with two attached hydrogens (primary N) is 1. The quantitative estimate of drug-likeness (QED) is 0.739. The minimum absolute atomic E-state index is 0.458.